The Morgan fingerprint density at radius 3 is 2.55 bits per heavy atom. The van der Waals surface area contributed by atoms with Crippen LogP contribution in [0.3, 0.4) is 0 Å². The monoisotopic (exact) mass is 420 g/mol. The van der Waals surface area contributed by atoms with Crippen molar-refractivity contribution >= 4 is 22.6 Å². The SMILES string of the molecule is CCOC(=O)c1c(C[NH+]2CCN(c3ccccc3OC)CC2)nc2ccccc2c1C. The van der Waals surface area contributed by atoms with Crippen LogP contribution in [0.4, 0.5) is 5.69 Å². The third kappa shape index (κ3) is 4.35. The molecule has 0 saturated carbocycles. The molecule has 6 nitrogen and oxygen atoms in total. The second kappa shape index (κ2) is 9.35. The van der Waals surface area contributed by atoms with Gasteiger partial charge in [0.2, 0.25) is 0 Å². The summed E-state index contributed by atoms with van der Waals surface area (Å²) in [6, 6.07) is 16.1. The van der Waals surface area contributed by atoms with Crippen molar-refractivity contribution < 1.29 is 19.2 Å². The highest BCUT2D eigenvalue weighted by Crippen LogP contribution is 2.27. The molecule has 0 unspecified atom stereocenters. The number of fused-ring (bicyclic) bond motifs is 1. The molecule has 1 saturated heterocycles. The Bertz CT molecular complexity index is 1070. The van der Waals surface area contributed by atoms with Gasteiger partial charge in [0, 0.05) is 5.39 Å². The number of hydrogen-bond acceptors (Lipinski definition) is 5. The third-order valence-corrected chi connectivity index (χ3v) is 6.02. The number of methoxy groups -OCH3 is 1. The Kier molecular flexibility index (Phi) is 6.37. The summed E-state index contributed by atoms with van der Waals surface area (Å²) in [7, 11) is 1.71. The maximum absolute atomic E-state index is 12.8. The fraction of sp³-hybridized carbons (Fsp3) is 0.360. The van der Waals surface area contributed by atoms with Gasteiger partial charge in [-0.05, 0) is 37.6 Å². The lowest BCUT2D eigenvalue weighted by Gasteiger charge is -2.34. The summed E-state index contributed by atoms with van der Waals surface area (Å²) < 4.78 is 10.9. The first-order valence-electron chi connectivity index (χ1n) is 10.9. The smallest absolute Gasteiger partial charge is 0.340 e. The average molecular weight is 421 g/mol. The third-order valence-electron chi connectivity index (χ3n) is 6.02. The zero-order valence-electron chi connectivity index (χ0n) is 18.5. The topological polar surface area (TPSA) is 56.1 Å². The fourth-order valence-electron chi connectivity index (χ4n) is 4.41. The largest absolute Gasteiger partial charge is 0.495 e. The molecule has 0 spiro atoms. The lowest BCUT2D eigenvalue weighted by molar-refractivity contribution is -0.914. The van der Waals surface area contributed by atoms with Gasteiger partial charge in [0.05, 0.1) is 56.7 Å². The van der Waals surface area contributed by atoms with E-state index in [0.29, 0.717) is 18.7 Å². The van der Waals surface area contributed by atoms with Crippen LogP contribution in [0.25, 0.3) is 10.9 Å². The molecule has 0 bridgehead atoms. The second-order valence-electron chi connectivity index (χ2n) is 7.88. The minimum absolute atomic E-state index is 0.277. The predicted molar refractivity (Wildman–Crippen MR) is 122 cm³/mol. The molecule has 1 N–H and O–H groups in total. The number of nitrogens with one attached hydrogen (secondary N) is 1. The van der Waals surface area contributed by atoms with E-state index >= 15 is 0 Å². The van der Waals surface area contributed by atoms with E-state index in [2.05, 4.69) is 11.0 Å². The molecule has 4 rings (SSSR count). The van der Waals surface area contributed by atoms with Gasteiger partial charge in [-0.15, -0.1) is 0 Å². The number of esters is 1. The van der Waals surface area contributed by atoms with Gasteiger partial charge in [-0.2, -0.15) is 0 Å². The van der Waals surface area contributed by atoms with Crippen LogP contribution in [0.2, 0.25) is 0 Å². The van der Waals surface area contributed by atoms with Crippen molar-refractivity contribution in [2.75, 3.05) is 44.8 Å². The Morgan fingerprint density at radius 1 is 1.10 bits per heavy atom. The summed E-state index contributed by atoms with van der Waals surface area (Å²) in [4.78, 5) is 21.5. The molecule has 1 aromatic heterocycles. The molecular formula is C25H30N3O3+. The quantitative estimate of drug-likeness (QED) is 0.622. The molecule has 3 aromatic rings. The second-order valence-corrected chi connectivity index (χ2v) is 7.88. The minimum atomic E-state index is -0.277. The van der Waals surface area contributed by atoms with E-state index in [9.17, 15) is 4.79 Å². The van der Waals surface area contributed by atoms with E-state index in [1.54, 1.807) is 7.11 Å². The van der Waals surface area contributed by atoms with Crippen LogP contribution >= 0.6 is 0 Å². The van der Waals surface area contributed by atoms with Crippen molar-refractivity contribution in [2.24, 2.45) is 0 Å². The number of aromatic nitrogens is 1. The molecule has 162 valence electrons. The number of anilines is 1. The number of carbonyl (C=O) groups is 1. The van der Waals surface area contributed by atoms with Gasteiger partial charge in [-0.1, -0.05) is 30.3 Å². The number of carbonyl (C=O) groups excluding carboxylic acids is 1. The van der Waals surface area contributed by atoms with Gasteiger partial charge in [0.1, 0.15) is 18.0 Å². The first-order chi connectivity index (χ1) is 15.1. The number of pyridine rings is 1. The van der Waals surface area contributed by atoms with Crippen LogP contribution in [-0.2, 0) is 11.3 Å². The number of rotatable bonds is 6. The standard InChI is InChI=1S/C25H29N3O3/c1-4-31-25(29)24-18(2)19-9-5-6-10-20(19)26-21(24)17-27-13-15-28(16-14-27)22-11-7-8-12-23(22)30-3/h5-12H,4,13-17H2,1-3H3/p+1. The van der Waals surface area contributed by atoms with Crippen molar-refractivity contribution in [3.63, 3.8) is 0 Å². The highest BCUT2D eigenvalue weighted by molar-refractivity contribution is 5.98. The van der Waals surface area contributed by atoms with Gasteiger partial charge in [0.15, 0.2) is 0 Å². The summed E-state index contributed by atoms with van der Waals surface area (Å²) in [5.41, 5.74) is 4.47. The number of hydrogen-bond donors (Lipinski definition) is 1. The van der Waals surface area contributed by atoms with E-state index in [0.717, 1.165) is 59.8 Å². The number of quaternary nitrogens is 1. The molecule has 31 heavy (non-hydrogen) atoms. The van der Waals surface area contributed by atoms with Gasteiger partial charge < -0.3 is 19.3 Å². The molecule has 1 aliphatic heterocycles. The van der Waals surface area contributed by atoms with E-state index < -0.39 is 0 Å². The maximum Gasteiger partial charge on any atom is 0.340 e. The lowest BCUT2D eigenvalue weighted by Crippen LogP contribution is -3.13. The molecule has 0 atom stereocenters. The summed E-state index contributed by atoms with van der Waals surface area (Å²) in [5, 5.41) is 1.00. The number of aryl methyl sites for hydroxylation is 1. The molecule has 1 fully saturated rings. The number of benzene rings is 2. The molecule has 2 aromatic carbocycles. The van der Waals surface area contributed by atoms with Gasteiger partial charge in [0.25, 0.3) is 0 Å². The normalized spacial score (nSPS) is 14.6. The van der Waals surface area contributed by atoms with E-state index in [1.807, 2.05) is 56.3 Å². The molecule has 0 aliphatic carbocycles. The summed E-state index contributed by atoms with van der Waals surface area (Å²) in [5.74, 6) is 0.627. The summed E-state index contributed by atoms with van der Waals surface area (Å²) >= 11 is 0. The van der Waals surface area contributed by atoms with E-state index in [4.69, 9.17) is 14.5 Å². The fourth-order valence-corrected chi connectivity index (χ4v) is 4.41. The molecule has 6 heteroatoms. The number of para-hydroxylation sites is 3. The van der Waals surface area contributed by atoms with Gasteiger partial charge >= 0.3 is 5.97 Å². The predicted octanol–water partition coefficient (Wildman–Crippen LogP) is 2.63. The van der Waals surface area contributed by atoms with Gasteiger partial charge in [-0.3, -0.25) is 0 Å². The number of piperazine rings is 1. The Labute approximate surface area is 183 Å². The first kappa shape index (κ1) is 21.1. The van der Waals surface area contributed by atoms with E-state index in [1.165, 1.54) is 4.90 Å². The Hall–Kier alpha value is -3.12. The Balaban J connectivity index is 1.56. The molecule has 1 aliphatic rings. The zero-order chi connectivity index (χ0) is 21.8. The number of ether oxygens (including phenoxy) is 2. The highest BCUT2D eigenvalue weighted by atomic mass is 16.5. The van der Waals surface area contributed by atoms with Crippen LogP contribution < -0.4 is 14.5 Å². The van der Waals surface area contributed by atoms with Crippen LogP contribution in [0, 0.1) is 6.92 Å². The van der Waals surface area contributed by atoms with Crippen molar-refractivity contribution in [1.29, 1.82) is 0 Å². The molecule has 0 radical (unpaired) electrons. The maximum atomic E-state index is 12.8. The summed E-state index contributed by atoms with van der Waals surface area (Å²) in [6.45, 7) is 8.68. The molecule has 2 heterocycles. The average Bonchev–Trinajstić information content (AvgIpc) is 2.80. The molecule has 0 amide bonds. The van der Waals surface area contributed by atoms with Gasteiger partial charge in [-0.25, -0.2) is 9.78 Å². The van der Waals surface area contributed by atoms with Crippen molar-refractivity contribution in [1.82, 2.24) is 4.98 Å². The highest BCUT2D eigenvalue weighted by Gasteiger charge is 2.26. The minimum Gasteiger partial charge on any atom is -0.495 e. The van der Waals surface area contributed by atoms with Crippen LogP contribution in [-0.4, -0.2) is 50.8 Å². The molecular weight excluding hydrogens is 390 g/mol. The van der Waals surface area contributed by atoms with Crippen LogP contribution in [0.15, 0.2) is 48.5 Å². The van der Waals surface area contributed by atoms with Crippen molar-refractivity contribution in [2.45, 2.75) is 20.4 Å². The zero-order valence-corrected chi connectivity index (χ0v) is 18.5. The Morgan fingerprint density at radius 2 is 1.81 bits per heavy atom. The van der Waals surface area contributed by atoms with Crippen molar-refractivity contribution in [3.8, 4) is 5.75 Å². The number of nitrogens with zero attached hydrogens (tertiary/aromatic N) is 2. The van der Waals surface area contributed by atoms with Crippen LogP contribution in [0.1, 0.15) is 28.5 Å². The van der Waals surface area contributed by atoms with Crippen molar-refractivity contribution in [3.05, 3.63) is 65.4 Å². The summed E-state index contributed by atoms with van der Waals surface area (Å²) in [6.07, 6.45) is 0. The first-order valence-corrected chi connectivity index (χ1v) is 10.9. The van der Waals surface area contributed by atoms with Crippen LogP contribution in [0.5, 0.6) is 5.75 Å². The lowest BCUT2D eigenvalue weighted by atomic mass is 10.0. The van der Waals surface area contributed by atoms with E-state index in [-0.39, 0.29) is 5.97 Å².